The molecular weight excluding hydrogens is 246 g/mol. The largest absolute Gasteiger partial charge is 0.379 e. The van der Waals surface area contributed by atoms with Crippen molar-refractivity contribution in [2.75, 3.05) is 13.2 Å². The third-order valence-corrected chi connectivity index (χ3v) is 2.99. The fourth-order valence-corrected chi connectivity index (χ4v) is 2.10. The van der Waals surface area contributed by atoms with E-state index in [-0.39, 0.29) is 0 Å². The smallest absolute Gasteiger partial charge is 0.179 e. The Morgan fingerprint density at radius 3 is 2.94 bits per heavy atom. The number of aromatic nitrogens is 3. The highest BCUT2D eigenvalue weighted by Crippen LogP contribution is 2.12. The maximum Gasteiger partial charge on any atom is 0.179 e. The van der Waals surface area contributed by atoms with E-state index in [1.165, 1.54) is 0 Å². The van der Waals surface area contributed by atoms with Crippen LogP contribution in [0.1, 0.15) is 19.5 Å². The van der Waals surface area contributed by atoms with Gasteiger partial charge in [0.05, 0.1) is 18.7 Å². The Labute approximate surface area is 112 Å². The monoisotopic (exact) mass is 265 g/mol. The molecule has 5 heteroatoms. The number of aromatic amines is 1. The summed E-state index contributed by atoms with van der Waals surface area (Å²) in [6, 6.07) is 3.99. The second-order valence-electron chi connectivity index (χ2n) is 4.87. The third-order valence-electron chi connectivity index (χ3n) is 2.67. The highest BCUT2D eigenvalue weighted by molar-refractivity contribution is 7.71. The molecule has 2 heterocycles. The predicted molar refractivity (Wildman–Crippen MR) is 75.3 cm³/mol. The number of hydrogen-bond acceptors (Lipinski definition) is 3. The van der Waals surface area contributed by atoms with Gasteiger partial charge in [-0.2, -0.15) is 0 Å². The maximum atomic E-state index is 5.59. The molecule has 0 fully saturated rings. The van der Waals surface area contributed by atoms with E-state index in [9.17, 15) is 0 Å². The molecule has 0 unspecified atom stereocenters. The SMILES string of the molecule is Cc1ccc2[nH]c(=S)n(CCOCC(C)C)c2n1. The zero-order chi connectivity index (χ0) is 13.1. The van der Waals surface area contributed by atoms with Gasteiger partial charge >= 0.3 is 0 Å². The quantitative estimate of drug-likeness (QED) is 0.667. The number of hydrogen-bond donors (Lipinski definition) is 1. The number of H-pyrrole nitrogens is 1. The van der Waals surface area contributed by atoms with Crippen LogP contribution >= 0.6 is 12.2 Å². The Bertz CT molecular complexity index is 585. The number of nitrogens with zero attached hydrogens (tertiary/aromatic N) is 2. The highest BCUT2D eigenvalue weighted by atomic mass is 32.1. The molecule has 0 saturated heterocycles. The lowest BCUT2D eigenvalue weighted by Crippen LogP contribution is -2.10. The van der Waals surface area contributed by atoms with Crippen molar-refractivity contribution in [2.45, 2.75) is 27.3 Å². The van der Waals surface area contributed by atoms with Crippen molar-refractivity contribution in [3.05, 3.63) is 22.6 Å². The van der Waals surface area contributed by atoms with Gasteiger partial charge in [0.25, 0.3) is 0 Å². The van der Waals surface area contributed by atoms with E-state index in [1.807, 2.05) is 23.6 Å². The first kappa shape index (κ1) is 13.2. The summed E-state index contributed by atoms with van der Waals surface area (Å²) in [5.41, 5.74) is 2.89. The van der Waals surface area contributed by atoms with Gasteiger partial charge in [-0.25, -0.2) is 4.98 Å². The molecule has 0 aliphatic carbocycles. The minimum Gasteiger partial charge on any atom is -0.379 e. The summed E-state index contributed by atoms with van der Waals surface area (Å²) in [5, 5.41) is 0. The molecule has 18 heavy (non-hydrogen) atoms. The molecule has 0 saturated carbocycles. The highest BCUT2D eigenvalue weighted by Gasteiger charge is 2.05. The number of imidazole rings is 1. The zero-order valence-corrected chi connectivity index (χ0v) is 11.9. The number of rotatable bonds is 5. The average Bonchev–Trinajstić information content (AvgIpc) is 2.60. The van der Waals surface area contributed by atoms with Crippen molar-refractivity contribution in [1.29, 1.82) is 0 Å². The molecular formula is C13H19N3OS. The molecule has 4 nitrogen and oxygen atoms in total. The number of aryl methyl sites for hydroxylation is 1. The van der Waals surface area contributed by atoms with Crippen molar-refractivity contribution in [3.63, 3.8) is 0 Å². The summed E-state index contributed by atoms with van der Waals surface area (Å²) in [5.74, 6) is 0.557. The second kappa shape index (κ2) is 5.63. The molecule has 0 bridgehead atoms. The molecule has 2 rings (SSSR count). The summed E-state index contributed by atoms with van der Waals surface area (Å²) in [7, 11) is 0. The van der Waals surface area contributed by atoms with E-state index in [4.69, 9.17) is 17.0 Å². The second-order valence-corrected chi connectivity index (χ2v) is 5.26. The van der Waals surface area contributed by atoms with Crippen molar-refractivity contribution < 1.29 is 4.74 Å². The van der Waals surface area contributed by atoms with Crippen LogP contribution in [0.4, 0.5) is 0 Å². The normalized spacial score (nSPS) is 11.6. The Balaban J connectivity index is 2.14. The summed E-state index contributed by atoms with van der Waals surface area (Å²) < 4.78 is 8.30. The summed E-state index contributed by atoms with van der Waals surface area (Å²) >= 11 is 5.31. The fraction of sp³-hybridized carbons (Fsp3) is 0.538. The standard InChI is InChI=1S/C13H19N3OS/c1-9(2)8-17-7-6-16-12-11(15-13(16)18)5-4-10(3)14-12/h4-5,9H,6-8H2,1-3H3,(H,15,18). The van der Waals surface area contributed by atoms with E-state index in [0.717, 1.165) is 30.0 Å². The molecule has 0 aliphatic rings. The van der Waals surface area contributed by atoms with Crippen molar-refractivity contribution in [1.82, 2.24) is 14.5 Å². The maximum absolute atomic E-state index is 5.59. The first-order chi connectivity index (χ1) is 8.58. The molecule has 0 spiro atoms. The first-order valence-corrected chi connectivity index (χ1v) is 6.62. The van der Waals surface area contributed by atoms with E-state index in [1.54, 1.807) is 0 Å². The van der Waals surface area contributed by atoms with Crippen LogP contribution in [-0.4, -0.2) is 27.7 Å². The van der Waals surface area contributed by atoms with Crippen LogP contribution < -0.4 is 0 Å². The molecule has 0 aromatic carbocycles. The van der Waals surface area contributed by atoms with E-state index in [0.29, 0.717) is 17.3 Å². The molecule has 0 radical (unpaired) electrons. The minimum absolute atomic E-state index is 0.557. The molecule has 2 aromatic rings. The Morgan fingerprint density at radius 2 is 2.22 bits per heavy atom. The van der Waals surface area contributed by atoms with E-state index < -0.39 is 0 Å². The Hall–Kier alpha value is -1.20. The van der Waals surface area contributed by atoms with E-state index in [2.05, 4.69) is 23.8 Å². The lowest BCUT2D eigenvalue weighted by molar-refractivity contribution is 0.103. The van der Waals surface area contributed by atoms with Crippen LogP contribution in [0, 0.1) is 17.6 Å². The van der Waals surface area contributed by atoms with Gasteiger partial charge in [0.2, 0.25) is 0 Å². The van der Waals surface area contributed by atoms with Crippen LogP contribution in [0.5, 0.6) is 0 Å². The number of nitrogens with one attached hydrogen (secondary N) is 1. The third kappa shape index (κ3) is 2.97. The first-order valence-electron chi connectivity index (χ1n) is 6.22. The summed E-state index contributed by atoms with van der Waals surface area (Å²) in [6.45, 7) is 8.44. The van der Waals surface area contributed by atoms with Crippen LogP contribution in [0.25, 0.3) is 11.2 Å². The summed E-state index contributed by atoms with van der Waals surface area (Å²) in [6.07, 6.45) is 0. The minimum atomic E-state index is 0.557. The fourth-order valence-electron chi connectivity index (χ4n) is 1.81. The lowest BCUT2D eigenvalue weighted by Gasteiger charge is -2.07. The van der Waals surface area contributed by atoms with Gasteiger partial charge in [-0.1, -0.05) is 13.8 Å². The molecule has 0 atom stereocenters. The van der Waals surface area contributed by atoms with Gasteiger partial charge in [-0.15, -0.1) is 0 Å². The van der Waals surface area contributed by atoms with Gasteiger partial charge in [0, 0.05) is 12.3 Å². The van der Waals surface area contributed by atoms with Gasteiger partial charge in [0.1, 0.15) is 0 Å². The van der Waals surface area contributed by atoms with Crippen LogP contribution in [0.15, 0.2) is 12.1 Å². The molecule has 98 valence electrons. The van der Waals surface area contributed by atoms with Crippen molar-refractivity contribution in [3.8, 4) is 0 Å². The van der Waals surface area contributed by atoms with Gasteiger partial charge in [0.15, 0.2) is 10.4 Å². The van der Waals surface area contributed by atoms with Crippen LogP contribution in [-0.2, 0) is 11.3 Å². The lowest BCUT2D eigenvalue weighted by atomic mass is 10.2. The topological polar surface area (TPSA) is 42.8 Å². The van der Waals surface area contributed by atoms with Gasteiger partial charge < -0.3 is 9.72 Å². The molecule has 0 amide bonds. The predicted octanol–water partition coefficient (Wildman–Crippen LogP) is 3.07. The van der Waals surface area contributed by atoms with E-state index >= 15 is 0 Å². The summed E-state index contributed by atoms with van der Waals surface area (Å²) in [4.78, 5) is 7.68. The molecule has 0 aliphatic heterocycles. The zero-order valence-electron chi connectivity index (χ0n) is 11.1. The van der Waals surface area contributed by atoms with Gasteiger partial charge in [-0.3, -0.25) is 4.57 Å². The van der Waals surface area contributed by atoms with Crippen molar-refractivity contribution >= 4 is 23.4 Å². The van der Waals surface area contributed by atoms with Crippen LogP contribution in [0.3, 0.4) is 0 Å². The number of ether oxygens (including phenoxy) is 1. The van der Waals surface area contributed by atoms with Crippen LogP contribution in [0.2, 0.25) is 0 Å². The number of pyridine rings is 1. The number of fused-ring (bicyclic) bond motifs is 1. The Morgan fingerprint density at radius 1 is 1.44 bits per heavy atom. The Kier molecular flexibility index (Phi) is 4.14. The average molecular weight is 265 g/mol. The molecule has 2 aromatic heterocycles. The molecule has 1 N–H and O–H groups in total. The van der Waals surface area contributed by atoms with Crippen molar-refractivity contribution in [2.24, 2.45) is 5.92 Å². The van der Waals surface area contributed by atoms with Gasteiger partial charge in [-0.05, 0) is 37.2 Å².